The summed E-state index contributed by atoms with van der Waals surface area (Å²) >= 11 is 1.63. The van der Waals surface area contributed by atoms with E-state index in [1.165, 1.54) is 10.5 Å². The maximum Gasteiger partial charge on any atom is 0.242 e. The van der Waals surface area contributed by atoms with Crippen molar-refractivity contribution in [3.63, 3.8) is 0 Å². The number of nitrogens with one attached hydrogen (secondary N) is 1. The Morgan fingerprint density at radius 1 is 1.45 bits per heavy atom. The Hall–Kier alpha value is -1.49. The minimum Gasteiger partial charge on any atom is -0.353 e. The van der Waals surface area contributed by atoms with Gasteiger partial charge < -0.3 is 10.2 Å². The zero-order valence-corrected chi connectivity index (χ0v) is 12.3. The molecule has 0 aliphatic carbocycles. The number of piperazine rings is 1. The van der Waals surface area contributed by atoms with Crippen molar-refractivity contribution in [2.24, 2.45) is 0 Å². The molecule has 1 aromatic rings. The van der Waals surface area contributed by atoms with Crippen LogP contribution in [-0.4, -0.2) is 41.1 Å². The van der Waals surface area contributed by atoms with Crippen LogP contribution in [0.4, 0.5) is 0 Å². The molecule has 0 aromatic heterocycles. The molecule has 1 saturated heterocycles. The maximum absolute atomic E-state index is 12.7. The highest BCUT2D eigenvalue weighted by Crippen LogP contribution is 2.38. The zero-order chi connectivity index (χ0) is 14.1. The van der Waals surface area contributed by atoms with Crippen LogP contribution in [0.2, 0.25) is 0 Å². The van der Waals surface area contributed by atoms with Gasteiger partial charge in [0.2, 0.25) is 11.8 Å². The number of carbonyl (C=O) groups excluding carboxylic acids is 2. The molecular formula is C15H18N2O2S. The summed E-state index contributed by atoms with van der Waals surface area (Å²) in [5, 5.41) is 2.76. The number of fused-ring (bicyclic) bond motifs is 1. The summed E-state index contributed by atoms with van der Waals surface area (Å²) in [6.45, 7) is 3.13. The van der Waals surface area contributed by atoms with Crippen molar-refractivity contribution < 1.29 is 9.59 Å². The average molecular weight is 290 g/mol. The molecule has 2 aliphatic rings. The summed E-state index contributed by atoms with van der Waals surface area (Å²) in [5.41, 5.74) is 1.24. The molecule has 0 spiro atoms. The fourth-order valence-corrected chi connectivity index (χ4v) is 4.15. The molecule has 1 aromatic carbocycles. The molecule has 106 valence electrons. The van der Waals surface area contributed by atoms with Crippen LogP contribution >= 0.6 is 11.8 Å². The number of benzene rings is 1. The van der Waals surface area contributed by atoms with E-state index in [2.05, 4.69) is 17.4 Å². The number of carbonyl (C=O) groups is 2. The highest BCUT2D eigenvalue weighted by molar-refractivity contribution is 8.01. The zero-order valence-electron chi connectivity index (χ0n) is 11.5. The van der Waals surface area contributed by atoms with Gasteiger partial charge in [-0.3, -0.25) is 9.59 Å². The van der Waals surface area contributed by atoms with Gasteiger partial charge in [0.05, 0.1) is 5.25 Å². The first-order valence-electron chi connectivity index (χ1n) is 7.03. The number of hydrogen-bond acceptors (Lipinski definition) is 3. The van der Waals surface area contributed by atoms with Crippen molar-refractivity contribution in [1.82, 2.24) is 10.2 Å². The maximum atomic E-state index is 12.7. The molecular weight excluding hydrogens is 272 g/mol. The number of nitrogens with zero attached hydrogens (tertiary/aromatic N) is 1. The molecule has 4 nitrogen and oxygen atoms in total. The summed E-state index contributed by atoms with van der Waals surface area (Å²) in [7, 11) is 0. The van der Waals surface area contributed by atoms with Gasteiger partial charge >= 0.3 is 0 Å². The minimum atomic E-state index is -0.305. The van der Waals surface area contributed by atoms with E-state index in [-0.39, 0.29) is 23.1 Å². The second-order valence-corrected chi connectivity index (χ2v) is 6.41. The smallest absolute Gasteiger partial charge is 0.242 e. The number of thioether (sulfide) groups is 1. The van der Waals surface area contributed by atoms with E-state index in [1.807, 2.05) is 19.1 Å². The first-order chi connectivity index (χ1) is 9.70. The SMILES string of the molecule is CCC1C(=O)NCCN1C(=O)C1Cc2ccccc2S1. The van der Waals surface area contributed by atoms with Gasteiger partial charge in [-0.2, -0.15) is 0 Å². The van der Waals surface area contributed by atoms with Gasteiger partial charge in [0.1, 0.15) is 6.04 Å². The van der Waals surface area contributed by atoms with Crippen LogP contribution in [0.1, 0.15) is 18.9 Å². The topological polar surface area (TPSA) is 49.4 Å². The van der Waals surface area contributed by atoms with Gasteiger partial charge in [-0.25, -0.2) is 0 Å². The molecule has 1 fully saturated rings. The van der Waals surface area contributed by atoms with Gasteiger partial charge in [0.25, 0.3) is 0 Å². The van der Waals surface area contributed by atoms with Crippen LogP contribution in [0.15, 0.2) is 29.2 Å². The summed E-state index contributed by atoms with van der Waals surface area (Å²) in [6.07, 6.45) is 1.44. The van der Waals surface area contributed by atoms with Crippen molar-refractivity contribution >= 4 is 23.6 Å². The monoisotopic (exact) mass is 290 g/mol. The Balaban J connectivity index is 1.75. The van der Waals surface area contributed by atoms with E-state index < -0.39 is 0 Å². The number of rotatable bonds is 2. The molecule has 2 heterocycles. The third-order valence-electron chi connectivity index (χ3n) is 3.92. The van der Waals surface area contributed by atoms with Crippen LogP contribution in [0.3, 0.4) is 0 Å². The van der Waals surface area contributed by atoms with Gasteiger partial charge in [0.15, 0.2) is 0 Å². The largest absolute Gasteiger partial charge is 0.353 e. The van der Waals surface area contributed by atoms with Gasteiger partial charge in [-0.15, -0.1) is 11.8 Å². The lowest BCUT2D eigenvalue weighted by molar-refractivity contribution is -0.142. The first-order valence-corrected chi connectivity index (χ1v) is 7.91. The Labute approximate surface area is 122 Å². The Morgan fingerprint density at radius 3 is 3.00 bits per heavy atom. The molecule has 5 heteroatoms. The quantitative estimate of drug-likeness (QED) is 0.896. The molecule has 0 saturated carbocycles. The molecule has 0 bridgehead atoms. The Kier molecular flexibility index (Phi) is 3.70. The molecule has 2 amide bonds. The molecule has 1 N–H and O–H groups in total. The van der Waals surface area contributed by atoms with Crippen molar-refractivity contribution in [3.05, 3.63) is 29.8 Å². The molecule has 2 unspecified atom stereocenters. The average Bonchev–Trinajstić information content (AvgIpc) is 2.90. The van der Waals surface area contributed by atoms with E-state index in [4.69, 9.17) is 0 Å². The van der Waals surface area contributed by atoms with Gasteiger partial charge in [0, 0.05) is 18.0 Å². The second-order valence-electron chi connectivity index (χ2n) is 5.17. The minimum absolute atomic E-state index is 0.0207. The summed E-state index contributed by atoms with van der Waals surface area (Å²) in [5.74, 6) is 0.0838. The molecule has 2 aliphatic heterocycles. The van der Waals surface area contributed by atoms with Crippen LogP contribution in [0.5, 0.6) is 0 Å². The van der Waals surface area contributed by atoms with Crippen molar-refractivity contribution in [2.45, 2.75) is 36.0 Å². The van der Waals surface area contributed by atoms with Crippen molar-refractivity contribution in [1.29, 1.82) is 0 Å². The lowest BCUT2D eigenvalue weighted by Gasteiger charge is -2.35. The summed E-state index contributed by atoms with van der Waals surface area (Å²) in [4.78, 5) is 27.5. The highest BCUT2D eigenvalue weighted by atomic mass is 32.2. The highest BCUT2D eigenvalue weighted by Gasteiger charge is 2.37. The number of hydrogen-bond donors (Lipinski definition) is 1. The fourth-order valence-electron chi connectivity index (χ4n) is 2.89. The van der Waals surface area contributed by atoms with E-state index in [1.54, 1.807) is 16.7 Å². The summed E-state index contributed by atoms with van der Waals surface area (Å²) in [6, 6.07) is 7.85. The van der Waals surface area contributed by atoms with E-state index >= 15 is 0 Å². The third kappa shape index (κ3) is 2.30. The molecule has 20 heavy (non-hydrogen) atoms. The number of amides is 2. The van der Waals surface area contributed by atoms with Crippen LogP contribution in [-0.2, 0) is 16.0 Å². The van der Waals surface area contributed by atoms with E-state index in [9.17, 15) is 9.59 Å². The van der Waals surface area contributed by atoms with Crippen molar-refractivity contribution in [3.8, 4) is 0 Å². The lowest BCUT2D eigenvalue weighted by atomic mass is 10.1. The Bertz CT molecular complexity index is 521. The van der Waals surface area contributed by atoms with E-state index in [0.717, 1.165) is 6.42 Å². The normalized spacial score (nSPS) is 25.2. The molecule has 0 radical (unpaired) electrons. The van der Waals surface area contributed by atoms with E-state index in [0.29, 0.717) is 19.5 Å². The standard InChI is InChI=1S/C15H18N2O2S/c1-2-11-14(18)16-7-8-17(11)15(19)13-9-10-5-3-4-6-12(10)20-13/h3-6,11,13H,2,7-9H2,1H3,(H,16,18). The molecule has 2 atom stereocenters. The predicted octanol–water partition coefficient (Wildman–Crippen LogP) is 1.44. The first kappa shape index (κ1) is 13.5. The predicted molar refractivity (Wildman–Crippen MR) is 78.6 cm³/mol. The van der Waals surface area contributed by atoms with Gasteiger partial charge in [-0.05, 0) is 24.5 Å². The van der Waals surface area contributed by atoms with Crippen LogP contribution < -0.4 is 5.32 Å². The van der Waals surface area contributed by atoms with Gasteiger partial charge in [-0.1, -0.05) is 25.1 Å². The Morgan fingerprint density at radius 2 is 2.25 bits per heavy atom. The van der Waals surface area contributed by atoms with Crippen LogP contribution in [0, 0.1) is 0 Å². The third-order valence-corrected chi connectivity index (χ3v) is 5.23. The van der Waals surface area contributed by atoms with Crippen molar-refractivity contribution in [2.75, 3.05) is 13.1 Å². The van der Waals surface area contributed by atoms with Crippen LogP contribution in [0.25, 0.3) is 0 Å². The fraction of sp³-hybridized carbons (Fsp3) is 0.467. The summed E-state index contributed by atoms with van der Waals surface area (Å²) < 4.78 is 0. The second kappa shape index (κ2) is 5.48. The molecule has 3 rings (SSSR count). The lowest BCUT2D eigenvalue weighted by Crippen LogP contribution is -2.58.